The first-order chi connectivity index (χ1) is 9.69. The van der Waals surface area contributed by atoms with E-state index in [1.165, 1.54) is 0 Å². The fourth-order valence-electron chi connectivity index (χ4n) is 2.73. The highest BCUT2D eigenvalue weighted by Gasteiger charge is 2.23. The third-order valence-electron chi connectivity index (χ3n) is 4.09. The molecule has 114 valence electrons. The number of rotatable bonds is 2. The summed E-state index contributed by atoms with van der Waals surface area (Å²) in [6.07, 6.45) is 1.99. The number of hydrogen-bond acceptors (Lipinski definition) is 4. The maximum Gasteiger partial charge on any atom is 0.253 e. The van der Waals surface area contributed by atoms with E-state index in [0.717, 1.165) is 37.0 Å². The predicted octanol–water partition coefficient (Wildman–Crippen LogP) is 1.20. The molecule has 1 aliphatic rings. The summed E-state index contributed by atoms with van der Waals surface area (Å²) in [6.45, 7) is 2.30. The van der Waals surface area contributed by atoms with Crippen LogP contribution in [0, 0.1) is 5.92 Å². The van der Waals surface area contributed by atoms with Gasteiger partial charge in [0.25, 0.3) is 5.91 Å². The van der Waals surface area contributed by atoms with Crippen molar-refractivity contribution in [3.63, 3.8) is 0 Å². The van der Waals surface area contributed by atoms with E-state index in [9.17, 15) is 4.79 Å². The molecule has 7 heteroatoms. The van der Waals surface area contributed by atoms with Crippen LogP contribution in [0.2, 0.25) is 0 Å². The van der Waals surface area contributed by atoms with Crippen LogP contribution in [-0.2, 0) is 7.05 Å². The average Bonchev–Trinajstić information content (AvgIpc) is 2.87. The minimum Gasteiger partial charge on any atom is -0.339 e. The summed E-state index contributed by atoms with van der Waals surface area (Å²) in [5.74, 6) is 0.634. The maximum absolute atomic E-state index is 12.5. The molecule has 1 saturated heterocycles. The van der Waals surface area contributed by atoms with Crippen molar-refractivity contribution < 1.29 is 4.79 Å². The van der Waals surface area contributed by atoms with Crippen LogP contribution in [-0.4, -0.2) is 45.4 Å². The molecule has 21 heavy (non-hydrogen) atoms. The molecular formula is C14H20ClN5O. The van der Waals surface area contributed by atoms with Crippen molar-refractivity contribution in [2.75, 3.05) is 19.6 Å². The lowest BCUT2D eigenvalue weighted by Gasteiger charge is -2.31. The van der Waals surface area contributed by atoms with Crippen molar-refractivity contribution in [3.05, 3.63) is 23.8 Å². The first-order valence-electron chi connectivity index (χ1n) is 6.98. The molecule has 0 aliphatic carbocycles. The lowest BCUT2D eigenvalue weighted by Crippen LogP contribution is -2.40. The highest BCUT2D eigenvalue weighted by molar-refractivity contribution is 5.97. The summed E-state index contributed by atoms with van der Waals surface area (Å²) in [5, 5.41) is 8.02. The van der Waals surface area contributed by atoms with Crippen molar-refractivity contribution >= 4 is 29.3 Å². The van der Waals surface area contributed by atoms with Gasteiger partial charge in [0, 0.05) is 25.7 Å². The summed E-state index contributed by atoms with van der Waals surface area (Å²) in [7, 11) is 1.84. The van der Waals surface area contributed by atoms with E-state index in [1.54, 1.807) is 4.68 Å². The zero-order chi connectivity index (χ0) is 14.1. The minimum atomic E-state index is 0. The van der Waals surface area contributed by atoms with Crippen LogP contribution >= 0.6 is 12.4 Å². The standard InChI is InChI=1S/C14H19N5O.ClH/c1-18-13-3-2-11(8-12(13)16-17-18)14(20)19-6-4-10(9-15)5-7-19;/h2-3,8,10H,4-7,9,15H2,1H3;1H. The third-order valence-corrected chi connectivity index (χ3v) is 4.09. The Morgan fingerprint density at radius 1 is 1.38 bits per heavy atom. The summed E-state index contributed by atoms with van der Waals surface area (Å²) in [4.78, 5) is 14.4. The molecule has 1 aliphatic heterocycles. The number of piperidine rings is 1. The summed E-state index contributed by atoms with van der Waals surface area (Å²) in [6, 6.07) is 5.57. The number of hydrogen-bond donors (Lipinski definition) is 1. The summed E-state index contributed by atoms with van der Waals surface area (Å²) < 4.78 is 1.70. The van der Waals surface area contributed by atoms with E-state index in [0.29, 0.717) is 18.0 Å². The fourth-order valence-corrected chi connectivity index (χ4v) is 2.73. The van der Waals surface area contributed by atoms with Crippen LogP contribution in [0.4, 0.5) is 0 Å². The topological polar surface area (TPSA) is 77.0 Å². The Balaban J connectivity index is 0.00000161. The zero-order valence-electron chi connectivity index (χ0n) is 12.0. The van der Waals surface area contributed by atoms with Crippen LogP contribution in [0.5, 0.6) is 0 Å². The maximum atomic E-state index is 12.5. The Morgan fingerprint density at radius 2 is 2.10 bits per heavy atom. The van der Waals surface area contributed by atoms with Gasteiger partial charge in [-0.3, -0.25) is 4.79 Å². The molecule has 1 amide bonds. The van der Waals surface area contributed by atoms with E-state index in [-0.39, 0.29) is 18.3 Å². The molecule has 1 aromatic heterocycles. The Labute approximate surface area is 129 Å². The number of likely N-dealkylation sites (tertiary alicyclic amines) is 1. The second-order valence-electron chi connectivity index (χ2n) is 5.39. The lowest BCUT2D eigenvalue weighted by molar-refractivity contribution is 0.0693. The van der Waals surface area contributed by atoms with Gasteiger partial charge in [0.1, 0.15) is 5.52 Å². The molecule has 1 aromatic carbocycles. The van der Waals surface area contributed by atoms with E-state index < -0.39 is 0 Å². The Hall–Kier alpha value is -1.66. The van der Waals surface area contributed by atoms with Gasteiger partial charge in [-0.15, -0.1) is 17.5 Å². The van der Waals surface area contributed by atoms with Crippen LogP contribution in [0.3, 0.4) is 0 Å². The minimum absolute atomic E-state index is 0. The van der Waals surface area contributed by atoms with E-state index >= 15 is 0 Å². The molecule has 1 fully saturated rings. The summed E-state index contributed by atoms with van der Waals surface area (Å²) >= 11 is 0. The van der Waals surface area contributed by atoms with Crippen molar-refractivity contribution in [2.24, 2.45) is 18.7 Å². The first-order valence-corrected chi connectivity index (χ1v) is 6.98. The van der Waals surface area contributed by atoms with Crippen LogP contribution in [0.25, 0.3) is 11.0 Å². The van der Waals surface area contributed by atoms with Crippen molar-refractivity contribution in [1.29, 1.82) is 0 Å². The van der Waals surface area contributed by atoms with Crippen LogP contribution < -0.4 is 5.73 Å². The van der Waals surface area contributed by atoms with E-state index in [1.807, 2.05) is 30.1 Å². The Kier molecular flexibility index (Phi) is 4.80. The number of fused-ring (bicyclic) bond motifs is 1. The van der Waals surface area contributed by atoms with Crippen LogP contribution in [0.1, 0.15) is 23.2 Å². The molecule has 0 bridgehead atoms. The highest BCUT2D eigenvalue weighted by atomic mass is 35.5. The number of carbonyl (C=O) groups is 1. The van der Waals surface area contributed by atoms with Gasteiger partial charge in [-0.2, -0.15) is 0 Å². The van der Waals surface area contributed by atoms with Crippen molar-refractivity contribution in [1.82, 2.24) is 19.9 Å². The van der Waals surface area contributed by atoms with Gasteiger partial charge in [0.2, 0.25) is 0 Å². The smallest absolute Gasteiger partial charge is 0.253 e. The number of aryl methyl sites for hydroxylation is 1. The SMILES string of the molecule is Cl.Cn1nnc2cc(C(=O)N3CCC(CN)CC3)ccc21. The van der Waals surface area contributed by atoms with Gasteiger partial charge in [0.05, 0.1) is 5.52 Å². The molecule has 6 nitrogen and oxygen atoms in total. The molecule has 0 radical (unpaired) electrons. The third kappa shape index (κ3) is 3.01. The van der Waals surface area contributed by atoms with Gasteiger partial charge in [-0.1, -0.05) is 5.21 Å². The number of amides is 1. The molecule has 0 spiro atoms. The lowest BCUT2D eigenvalue weighted by atomic mass is 9.96. The molecule has 0 atom stereocenters. The summed E-state index contributed by atoms with van der Waals surface area (Å²) in [5.41, 5.74) is 8.06. The molecule has 3 rings (SSSR count). The monoisotopic (exact) mass is 309 g/mol. The molecule has 2 heterocycles. The van der Waals surface area contributed by atoms with Gasteiger partial charge in [-0.25, -0.2) is 4.68 Å². The molecule has 2 aromatic rings. The Bertz CT molecular complexity index is 633. The van der Waals surface area contributed by atoms with Gasteiger partial charge >= 0.3 is 0 Å². The van der Waals surface area contributed by atoms with Gasteiger partial charge in [0.15, 0.2) is 0 Å². The number of aromatic nitrogens is 3. The quantitative estimate of drug-likeness (QED) is 0.904. The predicted molar refractivity (Wildman–Crippen MR) is 83.4 cm³/mol. The number of nitrogens with zero attached hydrogens (tertiary/aromatic N) is 4. The number of benzene rings is 1. The van der Waals surface area contributed by atoms with E-state index in [2.05, 4.69) is 10.3 Å². The number of halogens is 1. The molecular weight excluding hydrogens is 290 g/mol. The highest BCUT2D eigenvalue weighted by Crippen LogP contribution is 2.19. The molecule has 0 unspecified atom stereocenters. The van der Waals surface area contributed by atoms with Gasteiger partial charge in [-0.05, 0) is 43.5 Å². The van der Waals surface area contributed by atoms with Gasteiger partial charge < -0.3 is 10.6 Å². The second-order valence-corrected chi connectivity index (χ2v) is 5.39. The zero-order valence-corrected chi connectivity index (χ0v) is 12.8. The number of carbonyl (C=O) groups excluding carboxylic acids is 1. The normalized spacial score (nSPS) is 16.0. The Morgan fingerprint density at radius 3 is 2.76 bits per heavy atom. The fraction of sp³-hybridized carbons (Fsp3) is 0.500. The van der Waals surface area contributed by atoms with E-state index in [4.69, 9.17) is 5.73 Å². The molecule has 2 N–H and O–H groups in total. The first kappa shape index (κ1) is 15.7. The number of nitrogens with two attached hydrogens (primary N) is 1. The average molecular weight is 310 g/mol. The molecule has 0 saturated carbocycles. The van der Waals surface area contributed by atoms with Crippen molar-refractivity contribution in [2.45, 2.75) is 12.8 Å². The largest absolute Gasteiger partial charge is 0.339 e. The van der Waals surface area contributed by atoms with Crippen LogP contribution in [0.15, 0.2) is 18.2 Å². The van der Waals surface area contributed by atoms with Crippen molar-refractivity contribution in [3.8, 4) is 0 Å². The second kappa shape index (κ2) is 6.41.